The number of nitrogens with two attached hydrogens (primary N) is 1. The van der Waals surface area contributed by atoms with E-state index in [0.29, 0.717) is 22.3 Å². The van der Waals surface area contributed by atoms with Gasteiger partial charge in [-0.2, -0.15) is 0 Å². The summed E-state index contributed by atoms with van der Waals surface area (Å²) < 4.78 is 0. The lowest BCUT2D eigenvalue weighted by Gasteiger charge is -2.11. The Morgan fingerprint density at radius 2 is 1.88 bits per heavy atom. The molecule has 2 aromatic rings. The van der Waals surface area contributed by atoms with Gasteiger partial charge in [-0.3, -0.25) is 0 Å². The summed E-state index contributed by atoms with van der Waals surface area (Å²) in [6.45, 7) is 0. The van der Waals surface area contributed by atoms with Crippen LogP contribution in [-0.2, 0) is 0 Å². The van der Waals surface area contributed by atoms with Crippen LogP contribution in [0.2, 0.25) is 5.02 Å². The minimum Gasteiger partial charge on any atom is -0.393 e. The molecule has 0 saturated carbocycles. The molecule has 1 heterocycles. The zero-order valence-corrected chi connectivity index (χ0v) is 9.99. The highest BCUT2D eigenvalue weighted by atomic mass is 35.5. The SMILES string of the molecule is CNc1ncnc(Nc2ccccc2Cl)c1N. The van der Waals surface area contributed by atoms with Crippen molar-refractivity contribution in [3.05, 3.63) is 35.6 Å². The Morgan fingerprint density at radius 1 is 1.18 bits per heavy atom. The maximum atomic E-state index is 6.04. The second-order valence-electron chi connectivity index (χ2n) is 3.34. The average Bonchev–Trinajstić information content (AvgIpc) is 2.34. The van der Waals surface area contributed by atoms with Crippen LogP contribution in [0.5, 0.6) is 0 Å². The first-order valence-electron chi connectivity index (χ1n) is 5.02. The molecule has 0 radical (unpaired) electrons. The molecule has 0 fully saturated rings. The number of aromatic nitrogens is 2. The number of hydrogen-bond donors (Lipinski definition) is 3. The number of nitrogens with one attached hydrogen (secondary N) is 2. The average molecular weight is 250 g/mol. The predicted octanol–water partition coefficient (Wildman–Crippen LogP) is 2.50. The summed E-state index contributed by atoms with van der Waals surface area (Å²) in [6, 6.07) is 7.38. The Balaban J connectivity index is 2.34. The van der Waals surface area contributed by atoms with E-state index in [1.807, 2.05) is 18.2 Å². The minimum atomic E-state index is 0.454. The number of nitrogens with zero attached hydrogens (tertiary/aromatic N) is 2. The van der Waals surface area contributed by atoms with Crippen LogP contribution < -0.4 is 16.4 Å². The lowest BCUT2D eigenvalue weighted by atomic mass is 10.3. The number of rotatable bonds is 3. The maximum Gasteiger partial charge on any atom is 0.159 e. The molecule has 17 heavy (non-hydrogen) atoms. The van der Waals surface area contributed by atoms with Gasteiger partial charge in [0.1, 0.15) is 12.0 Å². The van der Waals surface area contributed by atoms with E-state index in [9.17, 15) is 0 Å². The lowest BCUT2D eigenvalue weighted by molar-refractivity contribution is 1.16. The quantitative estimate of drug-likeness (QED) is 0.779. The molecule has 0 unspecified atom stereocenters. The summed E-state index contributed by atoms with van der Waals surface area (Å²) in [4.78, 5) is 8.08. The zero-order valence-electron chi connectivity index (χ0n) is 9.24. The van der Waals surface area contributed by atoms with E-state index in [4.69, 9.17) is 17.3 Å². The zero-order chi connectivity index (χ0) is 12.3. The normalized spacial score (nSPS) is 10.0. The summed E-state index contributed by atoms with van der Waals surface area (Å²) in [6.07, 6.45) is 1.43. The Hall–Kier alpha value is -2.01. The molecule has 2 rings (SSSR count). The second-order valence-corrected chi connectivity index (χ2v) is 3.75. The van der Waals surface area contributed by atoms with Crippen molar-refractivity contribution < 1.29 is 0 Å². The van der Waals surface area contributed by atoms with E-state index in [-0.39, 0.29) is 0 Å². The summed E-state index contributed by atoms with van der Waals surface area (Å²) in [5.41, 5.74) is 7.10. The molecule has 4 N–H and O–H groups in total. The van der Waals surface area contributed by atoms with Crippen molar-refractivity contribution in [2.45, 2.75) is 0 Å². The monoisotopic (exact) mass is 249 g/mol. The van der Waals surface area contributed by atoms with Gasteiger partial charge in [0.2, 0.25) is 0 Å². The van der Waals surface area contributed by atoms with Gasteiger partial charge in [-0.15, -0.1) is 0 Å². The number of benzene rings is 1. The topological polar surface area (TPSA) is 75.9 Å². The first-order valence-corrected chi connectivity index (χ1v) is 5.40. The molecule has 1 aromatic heterocycles. The van der Waals surface area contributed by atoms with Crippen molar-refractivity contribution in [2.24, 2.45) is 0 Å². The predicted molar refractivity (Wildman–Crippen MR) is 70.7 cm³/mol. The molecule has 0 saturated heterocycles. The van der Waals surface area contributed by atoms with Crippen molar-refractivity contribution in [2.75, 3.05) is 23.4 Å². The van der Waals surface area contributed by atoms with Gasteiger partial charge in [-0.25, -0.2) is 9.97 Å². The van der Waals surface area contributed by atoms with Crippen LogP contribution in [-0.4, -0.2) is 17.0 Å². The highest BCUT2D eigenvalue weighted by Gasteiger charge is 2.08. The number of halogens is 1. The van der Waals surface area contributed by atoms with Gasteiger partial charge in [0.05, 0.1) is 10.7 Å². The van der Waals surface area contributed by atoms with E-state index in [0.717, 1.165) is 5.69 Å². The molecule has 5 nitrogen and oxygen atoms in total. The molecule has 0 amide bonds. The third-order valence-electron chi connectivity index (χ3n) is 2.25. The summed E-state index contributed by atoms with van der Waals surface area (Å²) >= 11 is 6.04. The van der Waals surface area contributed by atoms with Crippen molar-refractivity contribution in [3.63, 3.8) is 0 Å². The van der Waals surface area contributed by atoms with Crippen LogP contribution in [0.25, 0.3) is 0 Å². The third kappa shape index (κ3) is 2.39. The van der Waals surface area contributed by atoms with Crippen molar-refractivity contribution >= 4 is 34.6 Å². The fraction of sp³-hybridized carbons (Fsp3) is 0.0909. The largest absolute Gasteiger partial charge is 0.393 e. The van der Waals surface area contributed by atoms with Crippen LogP contribution >= 0.6 is 11.6 Å². The van der Waals surface area contributed by atoms with Crippen LogP contribution in [0.15, 0.2) is 30.6 Å². The van der Waals surface area contributed by atoms with Crippen molar-refractivity contribution in [1.82, 2.24) is 9.97 Å². The molecule has 6 heteroatoms. The molecule has 1 aromatic carbocycles. The van der Waals surface area contributed by atoms with Crippen LogP contribution in [0.3, 0.4) is 0 Å². The molecule has 0 aliphatic carbocycles. The van der Waals surface area contributed by atoms with Crippen molar-refractivity contribution in [3.8, 4) is 0 Å². The molecule has 0 spiro atoms. The van der Waals surface area contributed by atoms with Gasteiger partial charge in [-0.05, 0) is 12.1 Å². The molecular formula is C11H12ClN5. The van der Waals surface area contributed by atoms with Gasteiger partial charge < -0.3 is 16.4 Å². The summed E-state index contributed by atoms with van der Waals surface area (Å²) in [5.74, 6) is 1.10. The molecule has 0 aliphatic rings. The van der Waals surface area contributed by atoms with Crippen LogP contribution in [0.1, 0.15) is 0 Å². The van der Waals surface area contributed by atoms with E-state index in [2.05, 4.69) is 20.6 Å². The Morgan fingerprint density at radius 3 is 2.59 bits per heavy atom. The first kappa shape index (κ1) is 11.5. The highest BCUT2D eigenvalue weighted by molar-refractivity contribution is 6.33. The van der Waals surface area contributed by atoms with Crippen molar-refractivity contribution in [1.29, 1.82) is 0 Å². The number of para-hydroxylation sites is 1. The van der Waals surface area contributed by atoms with E-state index >= 15 is 0 Å². The standard InChI is InChI=1S/C11H12ClN5/c1-14-10-9(13)11(16-6-15-10)17-8-5-3-2-4-7(8)12/h2-6H,13H2,1H3,(H2,14,15,16,17). The van der Waals surface area contributed by atoms with Gasteiger partial charge in [-0.1, -0.05) is 23.7 Å². The highest BCUT2D eigenvalue weighted by Crippen LogP contribution is 2.28. The van der Waals surface area contributed by atoms with E-state index < -0.39 is 0 Å². The van der Waals surface area contributed by atoms with E-state index in [1.165, 1.54) is 6.33 Å². The van der Waals surface area contributed by atoms with E-state index in [1.54, 1.807) is 13.1 Å². The molecule has 88 valence electrons. The van der Waals surface area contributed by atoms with Gasteiger partial charge in [0.25, 0.3) is 0 Å². The molecular weight excluding hydrogens is 238 g/mol. The number of anilines is 4. The smallest absolute Gasteiger partial charge is 0.159 e. The molecule has 0 bridgehead atoms. The maximum absolute atomic E-state index is 6.04. The van der Waals surface area contributed by atoms with Gasteiger partial charge in [0.15, 0.2) is 11.6 Å². The van der Waals surface area contributed by atoms with Gasteiger partial charge >= 0.3 is 0 Å². The number of hydrogen-bond acceptors (Lipinski definition) is 5. The number of nitrogen functional groups attached to an aromatic ring is 1. The summed E-state index contributed by atoms with van der Waals surface area (Å²) in [7, 11) is 1.75. The second kappa shape index (κ2) is 4.88. The van der Waals surface area contributed by atoms with Gasteiger partial charge in [0, 0.05) is 7.05 Å². The third-order valence-corrected chi connectivity index (χ3v) is 2.58. The first-order chi connectivity index (χ1) is 8.22. The minimum absolute atomic E-state index is 0.454. The lowest BCUT2D eigenvalue weighted by Crippen LogP contribution is -2.05. The van der Waals surface area contributed by atoms with Crippen LogP contribution in [0.4, 0.5) is 23.0 Å². The molecule has 0 atom stereocenters. The molecule has 0 aliphatic heterocycles. The fourth-order valence-corrected chi connectivity index (χ4v) is 1.57. The van der Waals surface area contributed by atoms with Crippen LogP contribution in [0, 0.1) is 0 Å². The Kier molecular flexibility index (Phi) is 3.30. The summed E-state index contributed by atoms with van der Waals surface area (Å²) in [5, 5.41) is 6.56. The Labute approximate surface area is 104 Å². The fourth-order valence-electron chi connectivity index (χ4n) is 1.38. The Bertz CT molecular complexity index is 529.